The Hall–Kier alpha value is -3.04. The smallest absolute Gasteiger partial charge is 0.298 e. The van der Waals surface area contributed by atoms with Crippen LogP contribution >= 0.6 is 0 Å². The molecule has 0 fully saturated rings. The molecule has 1 aliphatic heterocycles. The van der Waals surface area contributed by atoms with E-state index in [1.165, 1.54) is 38.1 Å². The highest BCUT2D eigenvalue weighted by Crippen LogP contribution is 2.53. The minimum absolute atomic E-state index is 0.0192. The van der Waals surface area contributed by atoms with Gasteiger partial charge in [-0.25, -0.2) is 17.4 Å². The number of aromatic hydroxyl groups is 2. The second kappa shape index (κ2) is 6.48. The molecule has 5 nitrogen and oxygen atoms in total. The molecule has 1 unspecified atom stereocenters. The maximum Gasteiger partial charge on any atom is 0.298 e. The number of phenolic OH excluding ortho intramolecular Hbond substituents is 2. The van der Waals surface area contributed by atoms with E-state index in [-0.39, 0.29) is 32.7 Å². The molecular weight excluding hydrogens is 418 g/mol. The van der Waals surface area contributed by atoms with Crippen molar-refractivity contribution in [2.75, 3.05) is 0 Å². The number of aryl methyl sites for hydroxylation is 1. The van der Waals surface area contributed by atoms with Crippen LogP contribution in [-0.2, 0) is 19.9 Å². The summed E-state index contributed by atoms with van der Waals surface area (Å²) in [5, 5.41) is 19.4. The number of halogens is 3. The fraction of sp³-hybridized carbons (Fsp3) is 0.143. The molecule has 0 aromatic heterocycles. The molecule has 4 rings (SSSR count). The third-order valence-corrected chi connectivity index (χ3v) is 6.63. The van der Waals surface area contributed by atoms with Crippen LogP contribution in [0.15, 0.2) is 47.4 Å². The predicted molar refractivity (Wildman–Crippen MR) is 100 cm³/mol. The van der Waals surface area contributed by atoms with Crippen molar-refractivity contribution in [1.29, 1.82) is 0 Å². The Morgan fingerprint density at radius 3 is 2.23 bits per heavy atom. The zero-order chi connectivity index (χ0) is 22.0. The number of rotatable bonds is 2. The second-order valence-electron chi connectivity index (χ2n) is 7.03. The van der Waals surface area contributed by atoms with Crippen molar-refractivity contribution in [3.8, 4) is 11.5 Å². The van der Waals surface area contributed by atoms with Gasteiger partial charge in [-0.1, -0.05) is 18.2 Å². The van der Waals surface area contributed by atoms with Gasteiger partial charge in [0.25, 0.3) is 10.1 Å². The average Bonchev–Trinajstić information content (AvgIpc) is 2.94. The van der Waals surface area contributed by atoms with E-state index in [0.717, 1.165) is 18.2 Å². The summed E-state index contributed by atoms with van der Waals surface area (Å²) < 4.78 is 74.4. The van der Waals surface area contributed by atoms with Gasteiger partial charge in [0, 0.05) is 16.7 Å². The highest BCUT2D eigenvalue weighted by atomic mass is 32.2. The summed E-state index contributed by atoms with van der Waals surface area (Å²) in [6.45, 7) is 2.68. The quantitative estimate of drug-likeness (QED) is 0.594. The highest BCUT2D eigenvalue weighted by molar-refractivity contribution is 7.87. The Labute approximate surface area is 170 Å². The molecule has 3 aromatic rings. The largest absolute Gasteiger partial charge is 0.505 e. The number of hydrogen-bond acceptors (Lipinski definition) is 5. The number of fused-ring (bicyclic) bond motifs is 1. The van der Waals surface area contributed by atoms with Crippen molar-refractivity contribution < 1.29 is 36.0 Å². The summed E-state index contributed by atoms with van der Waals surface area (Å²) in [6.07, 6.45) is 0. The molecule has 156 valence electrons. The first-order chi connectivity index (χ1) is 14.0. The van der Waals surface area contributed by atoms with E-state index in [1.807, 2.05) is 0 Å². The fourth-order valence-electron chi connectivity index (χ4n) is 3.87. The molecule has 30 heavy (non-hydrogen) atoms. The van der Waals surface area contributed by atoms with Crippen LogP contribution in [0.3, 0.4) is 0 Å². The molecule has 1 heterocycles. The molecule has 0 aliphatic carbocycles. The van der Waals surface area contributed by atoms with Gasteiger partial charge in [-0.15, -0.1) is 0 Å². The molecule has 3 aromatic carbocycles. The Bertz CT molecular complexity index is 1320. The van der Waals surface area contributed by atoms with Crippen LogP contribution in [0.5, 0.6) is 11.5 Å². The van der Waals surface area contributed by atoms with E-state index < -0.39 is 44.7 Å². The third kappa shape index (κ3) is 2.62. The first kappa shape index (κ1) is 20.2. The van der Waals surface area contributed by atoms with E-state index in [4.69, 9.17) is 4.18 Å². The Balaban J connectivity index is 2.23. The van der Waals surface area contributed by atoms with E-state index in [0.29, 0.717) is 0 Å². The Kier molecular flexibility index (Phi) is 4.37. The lowest BCUT2D eigenvalue weighted by Gasteiger charge is -2.32. The van der Waals surface area contributed by atoms with Crippen molar-refractivity contribution in [3.63, 3.8) is 0 Å². The molecule has 0 spiro atoms. The number of phenols is 2. The Morgan fingerprint density at radius 1 is 0.900 bits per heavy atom. The molecule has 0 bridgehead atoms. The van der Waals surface area contributed by atoms with E-state index in [9.17, 15) is 31.8 Å². The number of benzene rings is 3. The van der Waals surface area contributed by atoms with Crippen LogP contribution < -0.4 is 0 Å². The van der Waals surface area contributed by atoms with Crippen LogP contribution in [0.4, 0.5) is 13.2 Å². The lowest BCUT2D eigenvalue weighted by Crippen LogP contribution is -2.32. The van der Waals surface area contributed by atoms with Crippen LogP contribution in [0.2, 0.25) is 0 Å². The van der Waals surface area contributed by atoms with E-state index in [2.05, 4.69) is 0 Å². The van der Waals surface area contributed by atoms with Crippen molar-refractivity contribution in [2.45, 2.75) is 24.3 Å². The zero-order valence-electron chi connectivity index (χ0n) is 15.7. The molecule has 0 saturated heterocycles. The first-order valence-electron chi connectivity index (χ1n) is 8.73. The molecular formula is C21H15F3O5S. The monoisotopic (exact) mass is 433 g/mol. The summed E-state index contributed by atoms with van der Waals surface area (Å²) in [5.74, 6) is -5.62. The van der Waals surface area contributed by atoms with E-state index in [1.54, 1.807) is 0 Å². The van der Waals surface area contributed by atoms with Crippen LogP contribution in [0.1, 0.15) is 27.8 Å². The SMILES string of the molecule is Cc1cc(O)c([18F])cc1C1(c2cc([18F])c(O)c([18F])c2C)OS(=O)(=O)c2ccccc21. The third-order valence-electron chi connectivity index (χ3n) is 5.26. The molecule has 0 amide bonds. The minimum atomic E-state index is -4.39. The van der Waals surface area contributed by atoms with Crippen LogP contribution in [0, 0.1) is 31.3 Å². The Morgan fingerprint density at radius 2 is 1.53 bits per heavy atom. The summed E-state index contributed by atoms with van der Waals surface area (Å²) in [7, 11) is -4.39. The molecule has 1 aliphatic rings. The molecule has 0 saturated carbocycles. The lowest BCUT2D eigenvalue weighted by atomic mass is 9.76. The fourth-order valence-corrected chi connectivity index (χ4v) is 5.28. The summed E-state index contributed by atoms with van der Waals surface area (Å²) in [6, 6.07) is 8.30. The van der Waals surface area contributed by atoms with E-state index >= 15 is 0 Å². The van der Waals surface area contributed by atoms with Gasteiger partial charge in [0.2, 0.25) is 0 Å². The highest BCUT2D eigenvalue weighted by Gasteiger charge is 2.53. The van der Waals surface area contributed by atoms with Crippen LogP contribution in [-0.4, -0.2) is 18.6 Å². The van der Waals surface area contributed by atoms with Gasteiger partial charge in [0.1, 0.15) is 4.90 Å². The molecule has 2 N–H and O–H groups in total. The van der Waals surface area contributed by atoms with Gasteiger partial charge < -0.3 is 10.2 Å². The number of hydrogen-bond donors (Lipinski definition) is 2. The summed E-state index contributed by atoms with van der Waals surface area (Å²) >= 11 is 0. The predicted octanol–water partition coefficient (Wildman–Crippen LogP) is 4.14. The lowest BCUT2D eigenvalue weighted by molar-refractivity contribution is 0.176. The van der Waals surface area contributed by atoms with Gasteiger partial charge in [0.05, 0.1) is 0 Å². The average molecular weight is 433 g/mol. The van der Waals surface area contributed by atoms with Gasteiger partial charge in [-0.3, -0.25) is 0 Å². The second-order valence-corrected chi connectivity index (χ2v) is 8.54. The van der Waals surface area contributed by atoms with Crippen molar-refractivity contribution >= 4 is 10.1 Å². The maximum absolute atomic E-state index is 14.6. The van der Waals surface area contributed by atoms with Gasteiger partial charge in [0.15, 0.2) is 34.6 Å². The van der Waals surface area contributed by atoms with Crippen LogP contribution in [0.25, 0.3) is 0 Å². The normalized spacial score (nSPS) is 19.6. The maximum atomic E-state index is 14.6. The standard InChI is InChI=1S/C21H15F3O5S/c1-10-7-17(25)15(22)8-13(10)21(14-9-16(23)20(26)19(24)11(14)2)12-5-3-4-6-18(12)30(27,28)29-21/h3-9,25-26H,1-2H3/i22-1,23-1,24-1. The summed E-state index contributed by atoms with van der Waals surface area (Å²) in [4.78, 5) is -0.244. The van der Waals surface area contributed by atoms with Crippen molar-refractivity contribution in [3.05, 3.63) is 87.7 Å². The first-order valence-corrected chi connectivity index (χ1v) is 10.1. The van der Waals surface area contributed by atoms with Crippen molar-refractivity contribution in [1.82, 2.24) is 0 Å². The van der Waals surface area contributed by atoms with Gasteiger partial charge in [-0.2, -0.15) is 8.42 Å². The summed E-state index contributed by atoms with van der Waals surface area (Å²) in [5.41, 5.74) is -2.53. The topological polar surface area (TPSA) is 83.8 Å². The van der Waals surface area contributed by atoms with Gasteiger partial charge in [-0.05, 0) is 49.2 Å². The molecule has 0 radical (unpaired) electrons. The molecule has 1 atom stereocenters. The zero-order valence-corrected chi connectivity index (χ0v) is 16.5. The van der Waals surface area contributed by atoms with Crippen molar-refractivity contribution in [2.24, 2.45) is 0 Å². The minimum Gasteiger partial charge on any atom is -0.505 e. The molecule has 9 heteroatoms. The van der Waals surface area contributed by atoms with Gasteiger partial charge >= 0.3 is 0 Å².